The number of rotatable bonds is 7. The summed E-state index contributed by atoms with van der Waals surface area (Å²) >= 11 is 1.65. The van der Waals surface area contributed by atoms with E-state index in [1.165, 1.54) is 6.07 Å². The highest BCUT2D eigenvalue weighted by molar-refractivity contribution is 7.15. The normalized spacial score (nSPS) is 12.4. The smallest absolute Gasteiger partial charge is 0.185 e. The van der Waals surface area contributed by atoms with Gasteiger partial charge in [-0.15, -0.1) is 11.3 Å². The largest absolute Gasteiger partial charge is 0.349 e. The van der Waals surface area contributed by atoms with Crippen LogP contribution in [0.1, 0.15) is 37.3 Å². The summed E-state index contributed by atoms with van der Waals surface area (Å²) in [6.45, 7) is 8.66. The molecule has 3 nitrogen and oxygen atoms in total. The minimum atomic E-state index is -0.817. The fourth-order valence-electron chi connectivity index (χ4n) is 2.17. The summed E-state index contributed by atoms with van der Waals surface area (Å²) in [4.78, 5) is 7.75. The van der Waals surface area contributed by atoms with Gasteiger partial charge in [0, 0.05) is 36.8 Å². The zero-order chi connectivity index (χ0) is 16.1. The van der Waals surface area contributed by atoms with Gasteiger partial charge in [-0.25, -0.2) is 13.8 Å². The van der Waals surface area contributed by atoms with Crippen molar-refractivity contribution >= 4 is 16.5 Å². The van der Waals surface area contributed by atoms with Gasteiger partial charge in [0.15, 0.2) is 16.8 Å². The summed E-state index contributed by atoms with van der Waals surface area (Å²) in [7, 11) is 0. The van der Waals surface area contributed by atoms with Gasteiger partial charge in [0.25, 0.3) is 0 Å². The molecule has 22 heavy (non-hydrogen) atoms. The molecule has 0 fully saturated rings. The lowest BCUT2D eigenvalue weighted by Crippen LogP contribution is -2.21. The van der Waals surface area contributed by atoms with Crippen LogP contribution in [0.15, 0.2) is 24.4 Å². The lowest BCUT2D eigenvalue weighted by molar-refractivity contribution is 0.501. The molecule has 0 amide bonds. The van der Waals surface area contributed by atoms with Gasteiger partial charge in [0.1, 0.15) is 0 Å². The maximum absolute atomic E-state index is 13.3. The molecule has 0 saturated heterocycles. The van der Waals surface area contributed by atoms with Crippen molar-refractivity contribution in [2.24, 2.45) is 0 Å². The molecule has 1 aromatic carbocycles. The van der Waals surface area contributed by atoms with Crippen LogP contribution in [0.25, 0.3) is 0 Å². The second-order valence-corrected chi connectivity index (χ2v) is 6.15. The Hall–Kier alpha value is -1.53. The van der Waals surface area contributed by atoms with Crippen LogP contribution in [0.2, 0.25) is 0 Å². The molecule has 0 saturated carbocycles. The van der Waals surface area contributed by atoms with E-state index in [0.29, 0.717) is 6.54 Å². The number of anilines is 1. The van der Waals surface area contributed by atoms with E-state index in [-0.39, 0.29) is 6.04 Å². The summed E-state index contributed by atoms with van der Waals surface area (Å²) in [6, 6.07) is 3.94. The monoisotopic (exact) mass is 325 g/mol. The Bertz CT molecular complexity index is 611. The minimum Gasteiger partial charge on any atom is -0.349 e. The van der Waals surface area contributed by atoms with E-state index >= 15 is 0 Å². The fraction of sp³-hybridized carbons (Fsp3) is 0.438. The Labute approximate surface area is 134 Å². The first-order chi connectivity index (χ1) is 10.5. The molecule has 0 aliphatic carbocycles. The topological polar surface area (TPSA) is 28.2 Å². The van der Waals surface area contributed by atoms with E-state index in [2.05, 4.69) is 29.0 Å². The predicted molar refractivity (Wildman–Crippen MR) is 87.3 cm³/mol. The number of nitrogens with zero attached hydrogens (tertiary/aromatic N) is 2. The lowest BCUT2D eigenvalue weighted by atomic mass is 10.1. The second-order valence-electron chi connectivity index (χ2n) is 5.06. The van der Waals surface area contributed by atoms with Crippen molar-refractivity contribution in [3.05, 3.63) is 46.5 Å². The SMILES string of the molecule is CCN(CC)c1ncc(CNC(C)c2ccc(F)c(F)c2)s1. The van der Waals surface area contributed by atoms with Crippen molar-refractivity contribution in [2.45, 2.75) is 33.4 Å². The van der Waals surface area contributed by atoms with Crippen molar-refractivity contribution in [3.8, 4) is 0 Å². The van der Waals surface area contributed by atoms with Crippen molar-refractivity contribution < 1.29 is 8.78 Å². The zero-order valence-corrected chi connectivity index (χ0v) is 13.9. The average Bonchev–Trinajstić information content (AvgIpc) is 2.97. The number of thiazole rings is 1. The first-order valence-electron chi connectivity index (χ1n) is 7.43. The van der Waals surface area contributed by atoms with E-state index in [9.17, 15) is 8.78 Å². The van der Waals surface area contributed by atoms with E-state index in [4.69, 9.17) is 0 Å². The Morgan fingerprint density at radius 3 is 2.59 bits per heavy atom. The summed E-state index contributed by atoms with van der Waals surface area (Å²) in [5.41, 5.74) is 0.729. The van der Waals surface area contributed by atoms with Gasteiger partial charge >= 0.3 is 0 Å². The third-order valence-corrected chi connectivity index (χ3v) is 4.66. The molecule has 0 aliphatic rings. The highest BCUT2D eigenvalue weighted by atomic mass is 32.1. The zero-order valence-electron chi connectivity index (χ0n) is 13.1. The van der Waals surface area contributed by atoms with Crippen LogP contribution in [0.5, 0.6) is 0 Å². The average molecular weight is 325 g/mol. The Morgan fingerprint density at radius 2 is 1.95 bits per heavy atom. The van der Waals surface area contributed by atoms with E-state index < -0.39 is 11.6 Å². The second kappa shape index (κ2) is 7.65. The van der Waals surface area contributed by atoms with Crippen LogP contribution in [0, 0.1) is 11.6 Å². The van der Waals surface area contributed by atoms with Gasteiger partial charge < -0.3 is 10.2 Å². The van der Waals surface area contributed by atoms with Crippen LogP contribution in [-0.4, -0.2) is 18.1 Å². The van der Waals surface area contributed by atoms with Crippen molar-refractivity contribution in [2.75, 3.05) is 18.0 Å². The third-order valence-electron chi connectivity index (χ3n) is 3.60. The minimum absolute atomic E-state index is 0.0610. The molecule has 2 rings (SSSR count). The van der Waals surface area contributed by atoms with Crippen molar-refractivity contribution in [1.82, 2.24) is 10.3 Å². The fourth-order valence-corrected chi connectivity index (χ4v) is 3.16. The van der Waals surface area contributed by atoms with Gasteiger partial charge in [0.05, 0.1) is 0 Å². The highest BCUT2D eigenvalue weighted by Crippen LogP contribution is 2.23. The van der Waals surface area contributed by atoms with Gasteiger partial charge in [-0.1, -0.05) is 6.07 Å². The summed E-state index contributed by atoms with van der Waals surface area (Å²) in [6.07, 6.45) is 1.86. The highest BCUT2D eigenvalue weighted by Gasteiger charge is 2.11. The predicted octanol–water partition coefficient (Wildman–Crippen LogP) is 4.12. The quantitative estimate of drug-likeness (QED) is 0.830. The van der Waals surface area contributed by atoms with Crippen molar-refractivity contribution in [1.29, 1.82) is 0 Å². The standard InChI is InChI=1S/C16H21F2N3S/c1-4-21(5-2)16-20-10-13(22-16)9-19-11(3)12-6-7-14(17)15(18)8-12/h6-8,10-11,19H,4-5,9H2,1-3H3. The maximum Gasteiger partial charge on any atom is 0.185 e. The van der Waals surface area contributed by atoms with E-state index in [1.54, 1.807) is 17.4 Å². The number of nitrogens with one attached hydrogen (secondary N) is 1. The van der Waals surface area contributed by atoms with E-state index in [0.717, 1.165) is 34.7 Å². The van der Waals surface area contributed by atoms with Crippen LogP contribution >= 0.6 is 11.3 Å². The van der Waals surface area contributed by atoms with Gasteiger partial charge in [0.2, 0.25) is 0 Å². The molecule has 6 heteroatoms. The number of hydrogen-bond donors (Lipinski definition) is 1. The Balaban J connectivity index is 1.96. The first kappa shape index (κ1) is 16.8. The molecule has 2 aromatic rings. The lowest BCUT2D eigenvalue weighted by Gasteiger charge is -2.16. The molecular formula is C16H21F2N3S. The van der Waals surface area contributed by atoms with Gasteiger partial charge in [-0.2, -0.15) is 0 Å². The van der Waals surface area contributed by atoms with Crippen LogP contribution < -0.4 is 10.2 Å². The summed E-state index contributed by atoms with van der Waals surface area (Å²) in [5, 5.41) is 4.33. The van der Waals surface area contributed by atoms with Crippen LogP contribution in [0.4, 0.5) is 13.9 Å². The molecule has 1 atom stereocenters. The van der Waals surface area contributed by atoms with E-state index in [1.807, 2.05) is 13.1 Å². The maximum atomic E-state index is 13.3. The number of benzene rings is 1. The number of halogens is 2. The summed E-state index contributed by atoms with van der Waals surface area (Å²) in [5.74, 6) is -1.63. The molecule has 1 unspecified atom stereocenters. The van der Waals surface area contributed by atoms with Crippen LogP contribution in [-0.2, 0) is 6.54 Å². The number of aromatic nitrogens is 1. The molecule has 1 heterocycles. The molecule has 0 spiro atoms. The molecule has 1 N–H and O–H groups in total. The molecular weight excluding hydrogens is 304 g/mol. The van der Waals surface area contributed by atoms with Crippen molar-refractivity contribution in [3.63, 3.8) is 0 Å². The summed E-state index contributed by atoms with van der Waals surface area (Å²) < 4.78 is 26.2. The first-order valence-corrected chi connectivity index (χ1v) is 8.24. The third kappa shape index (κ3) is 4.01. The molecule has 0 aliphatic heterocycles. The van der Waals surface area contributed by atoms with Crippen LogP contribution in [0.3, 0.4) is 0 Å². The Kier molecular flexibility index (Phi) is 5.85. The molecule has 1 aromatic heterocycles. The van der Waals surface area contributed by atoms with Gasteiger partial charge in [-0.3, -0.25) is 0 Å². The molecule has 0 bridgehead atoms. The molecule has 120 valence electrons. The molecule has 0 radical (unpaired) electrons. The number of hydrogen-bond acceptors (Lipinski definition) is 4. The Morgan fingerprint density at radius 1 is 1.23 bits per heavy atom. The van der Waals surface area contributed by atoms with Gasteiger partial charge in [-0.05, 0) is 38.5 Å².